The summed E-state index contributed by atoms with van der Waals surface area (Å²) in [4.78, 5) is 21.5. The molecule has 0 saturated heterocycles. The Morgan fingerprint density at radius 1 is 1.32 bits per heavy atom. The monoisotopic (exact) mass is 260 g/mol. The van der Waals surface area contributed by atoms with Crippen LogP contribution in [0.2, 0.25) is 0 Å². The summed E-state index contributed by atoms with van der Waals surface area (Å²) in [6.45, 7) is 0.439. The minimum atomic E-state index is -0.920. The van der Waals surface area contributed by atoms with E-state index in [2.05, 4.69) is 15.3 Å². The summed E-state index contributed by atoms with van der Waals surface area (Å²) in [6, 6.07) is 7.54. The third-order valence-corrected chi connectivity index (χ3v) is 2.51. The van der Waals surface area contributed by atoms with Crippen molar-refractivity contribution in [2.45, 2.75) is 6.54 Å². The first kappa shape index (κ1) is 13.2. The van der Waals surface area contributed by atoms with Crippen molar-refractivity contribution in [2.24, 2.45) is 0 Å². The minimum absolute atomic E-state index is 0.164. The topological polar surface area (TPSA) is 78.4 Å². The van der Waals surface area contributed by atoms with Crippen molar-refractivity contribution in [3.05, 3.63) is 30.1 Å². The Hall–Kier alpha value is -2.21. The van der Waals surface area contributed by atoms with Crippen molar-refractivity contribution < 1.29 is 9.90 Å². The van der Waals surface area contributed by atoms with E-state index in [4.69, 9.17) is 5.11 Å². The maximum absolute atomic E-state index is 10.7. The zero-order valence-corrected chi connectivity index (χ0v) is 10.9. The zero-order chi connectivity index (χ0) is 13.8. The van der Waals surface area contributed by atoms with Gasteiger partial charge in [-0.25, -0.2) is 9.97 Å². The molecule has 0 saturated carbocycles. The molecule has 1 aromatic carbocycles. The van der Waals surface area contributed by atoms with E-state index in [1.807, 2.05) is 43.3 Å². The third kappa shape index (κ3) is 3.38. The molecule has 100 valence electrons. The number of carboxylic acid groups (broad SMARTS) is 1. The lowest BCUT2D eigenvalue weighted by molar-refractivity contribution is -0.134. The molecule has 0 amide bonds. The number of hydrogen-bond donors (Lipinski definition) is 2. The Morgan fingerprint density at radius 3 is 2.74 bits per heavy atom. The molecule has 6 heteroatoms. The van der Waals surface area contributed by atoms with Gasteiger partial charge in [-0.15, -0.1) is 0 Å². The van der Waals surface area contributed by atoms with Gasteiger partial charge in [-0.05, 0) is 26.2 Å². The molecule has 2 aromatic rings. The SMILES string of the molecule is CN(C)Cc1nc(NCC(=O)O)c2ccccc2n1. The largest absolute Gasteiger partial charge is 0.480 e. The van der Waals surface area contributed by atoms with Crippen molar-refractivity contribution in [3.63, 3.8) is 0 Å². The summed E-state index contributed by atoms with van der Waals surface area (Å²) in [7, 11) is 3.87. The number of hydrogen-bond acceptors (Lipinski definition) is 5. The second-order valence-corrected chi connectivity index (χ2v) is 4.49. The van der Waals surface area contributed by atoms with Crippen LogP contribution in [0.1, 0.15) is 5.82 Å². The molecule has 0 bridgehead atoms. The molecule has 2 rings (SSSR count). The minimum Gasteiger partial charge on any atom is -0.480 e. The fourth-order valence-electron chi connectivity index (χ4n) is 1.77. The summed E-state index contributed by atoms with van der Waals surface area (Å²) >= 11 is 0. The average Bonchev–Trinajstić information content (AvgIpc) is 2.35. The molecular weight excluding hydrogens is 244 g/mol. The molecule has 2 N–H and O–H groups in total. The summed E-state index contributed by atoms with van der Waals surface area (Å²) in [6.07, 6.45) is 0. The predicted octanol–water partition coefficient (Wildman–Crippen LogP) is 1.19. The summed E-state index contributed by atoms with van der Waals surface area (Å²) in [5.74, 6) is 0.304. The maximum atomic E-state index is 10.7. The summed E-state index contributed by atoms with van der Waals surface area (Å²) < 4.78 is 0. The Morgan fingerprint density at radius 2 is 2.05 bits per heavy atom. The van der Waals surface area contributed by atoms with Crippen LogP contribution in [0.3, 0.4) is 0 Å². The zero-order valence-electron chi connectivity index (χ0n) is 10.9. The Labute approximate surface area is 111 Å². The van der Waals surface area contributed by atoms with Gasteiger partial charge in [0, 0.05) is 5.39 Å². The number of carbonyl (C=O) groups is 1. The fourth-order valence-corrected chi connectivity index (χ4v) is 1.77. The van der Waals surface area contributed by atoms with Gasteiger partial charge in [-0.3, -0.25) is 4.79 Å². The van der Waals surface area contributed by atoms with E-state index in [0.29, 0.717) is 18.2 Å². The maximum Gasteiger partial charge on any atom is 0.322 e. The van der Waals surface area contributed by atoms with Gasteiger partial charge < -0.3 is 15.3 Å². The van der Waals surface area contributed by atoms with Crippen molar-refractivity contribution in [1.29, 1.82) is 0 Å². The van der Waals surface area contributed by atoms with Crippen molar-refractivity contribution in [2.75, 3.05) is 26.0 Å². The van der Waals surface area contributed by atoms with E-state index in [9.17, 15) is 4.79 Å². The lowest BCUT2D eigenvalue weighted by Crippen LogP contribution is -2.17. The van der Waals surface area contributed by atoms with Crippen LogP contribution in [-0.4, -0.2) is 46.6 Å². The first-order valence-electron chi connectivity index (χ1n) is 5.92. The van der Waals surface area contributed by atoms with Crippen LogP contribution in [0.15, 0.2) is 24.3 Å². The molecule has 0 atom stereocenters. The van der Waals surface area contributed by atoms with Gasteiger partial charge in [-0.1, -0.05) is 12.1 Å². The number of rotatable bonds is 5. The molecule has 0 unspecified atom stereocenters. The van der Waals surface area contributed by atoms with E-state index in [-0.39, 0.29) is 6.54 Å². The van der Waals surface area contributed by atoms with Crippen LogP contribution >= 0.6 is 0 Å². The molecule has 0 aliphatic rings. The van der Waals surface area contributed by atoms with Gasteiger partial charge >= 0.3 is 5.97 Å². The van der Waals surface area contributed by atoms with Gasteiger partial charge in [0.25, 0.3) is 0 Å². The van der Waals surface area contributed by atoms with Crippen molar-refractivity contribution >= 4 is 22.7 Å². The van der Waals surface area contributed by atoms with Gasteiger partial charge in [-0.2, -0.15) is 0 Å². The summed E-state index contributed by atoms with van der Waals surface area (Å²) in [5, 5.41) is 12.4. The van der Waals surface area contributed by atoms with Crippen molar-refractivity contribution in [3.8, 4) is 0 Å². The number of nitrogens with one attached hydrogen (secondary N) is 1. The van der Waals surface area contributed by atoms with Crippen LogP contribution in [0.25, 0.3) is 10.9 Å². The number of anilines is 1. The van der Waals surface area contributed by atoms with E-state index >= 15 is 0 Å². The highest BCUT2D eigenvalue weighted by atomic mass is 16.4. The van der Waals surface area contributed by atoms with Gasteiger partial charge in [0.1, 0.15) is 18.2 Å². The predicted molar refractivity (Wildman–Crippen MR) is 73.1 cm³/mol. The molecule has 6 nitrogen and oxygen atoms in total. The number of aromatic nitrogens is 2. The fraction of sp³-hybridized carbons (Fsp3) is 0.308. The first-order valence-corrected chi connectivity index (χ1v) is 5.92. The van der Waals surface area contributed by atoms with E-state index in [0.717, 1.165) is 10.9 Å². The number of carboxylic acids is 1. The number of fused-ring (bicyclic) bond motifs is 1. The van der Waals surface area contributed by atoms with Crippen LogP contribution in [0.4, 0.5) is 5.82 Å². The molecule has 0 radical (unpaired) electrons. The van der Waals surface area contributed by atoms with Gasteiger partial charge in [0.05, 0.1) is 12.1 Å². The number of benzene rings is 1. The van der Waals surface area contributed by atoms with Gasteiger partial charge in [0.15, 0.2) is 0 Å². The van der Waals surface area contributed by atoms with Crippen LogP contribution in [0, 0.1) is 0 Å². The Balaban J connectivity index is 2.42. The van der Waals surface area contributed by atoms with E-state index in [1.54, 1.807) is 0 Å². The van der Waals surface area contributed by atoms with E-state index < -0.39 is 5.97 Å². The van der Waals surface area contributed by atoms with Crippen LogP contribution in [0.5, 0.6) is 0 Å². The van der Waals surface area contributed by atoms with Crippen LogP contribution in [-0.2, 0) is 11.3 Å². The number of para-hydroxylation sites is 1. The lowest BCUT2D eigenvalue weighted by Gasteiger charge is -2.12. The quantitative estimate of drug-likeness (QED) is 0.840. The van der Waals surface area contributed by atoms with Gasteiger partial charge in [0.2, 0.25) is 0 Å². The smallest absolute Gasteiger partial charge is 0.322 e. The normalized spacial score (nSPS) is 10.9. The molecule has 0 spiro atoms. The summed E-state index contributed by atoms with van der Waals surface area (Å²) in [5.41, 5.74) is 0.808. The first-order chi connectivity index (χ1) is 9.06. The molecule has 0 aliphatic carbocycles. The molecule has 1 aromatic heterocycles. The lowest BCUT2D eigenvalue weighted by atomic mass is 10.2. The van der Waals surface area contributed by atoms with Crippen molar-refractivity contribution in [1.82, 2.24) is 14.9 Å². The standard InChI is InChI=1S/C13H16N4O2/c1-17(2)8-11-15-10-6-4-3-5-9(10)13(16-11)14-7-12(18)19/h3-6H,7-8H2,1-2H3,(H,18,19)(H,14,15,16). The molecule has 19 heavy (non-hydrogen) atoms. The Bertz CT molecular complexity index is 598. The number of nitrogens with zero attached hydrogens (tertiary/aromatic N) is 3. The second-order valence-electron chi connectivity index (χ2n) is 4.49. The molecule has 1 heterocycles. The van der Waals surface area contributed by atoms with E-state index in [1.165, 1.54) is 0 Å². The highest BCUT2D eigenvalue weighted by molar-refractivity contribution is 5.90. The van der Waals surface area contributed by atoms with Crippen LogP contribution < -0.4 is 5.32 Å². The third-order valence-electron chi connectivity index (χ3n) is 2.51. The molecule has 0 aliphatic heterocycles. The number of aliphatic carboxylic acids is 1. The second kappa shape index (κ2) is 5.62. The molecule has 0 fully saturated rings. The molecular formula is C13H16N4O2. The highest BCUT2D eigenvalue weighted by Crippen LogP contribution is 2.20. The Kier molecular flexibility index (Phi) is 3.91. The average molecular weight is 260 g/mol. The highest BCUT2D eigenvalue weighted by Gasteiger charge is 2.08.